The number of hydrogen-bond donors (Lipinski definition) is 2. The van der Waals surface area contributed by atoms with Crippen LogP contribution in [0.25, 0.3) is 28.0 Å². The zero-order chi connectivity index (χ0) is 22.8. The molecule has 0 saturated heterocycles. The summed E-state index contributed by atoms with van der Waals surface area (Å²) in [6, 6.07) is 11.0. The Morgan fingerprint density at radius 2 is 1.82 bits per heavy atom. The van der Waals surface area contributed by atoms with Crippen molar-refractivity contribution in [3.05, 3.63) is 60.5 Å². The average molecular weight is 672 g/mol. The van der Waals surface area contributed by atoms with E-state index in [1.165, 1.54) is 0 Å². The van der Waals surface area contributed by atoms with E-state index in [0.717, 1.165) is 59.4 Å². The minimum absolute atomic E-state index is 0. The van der Waals surface area contributed by atoms with Crippen molar-refractivity contribution in [2.45, 2.75) is 64.2 Å². The van der Waals surface area contributed by atoms with E-state index >= 15 is 0 Å². The van der Waals surface area contributed by atoms with Crippen LogP contribution in [-0.2, 0) is 6.54 Å². The fourth-order valence-electron chi connectivity index (χ4n) is 4.33. The molecule has 4 aromatic rings. The number of anilines is 2. The largest absolute Gasteiger partial charge is 0.675 e. The second-order valence-electron chi connectivity index (χ2n) is 9.07. The van der Waals surface area contributed by atoms with Crippen LogP contribution in [0.3, 0.4) is 0 Å². The molecule has 5 rings (SSSR count). The van der Waals surface area contributed by atoms with Gasteiger partial charge in [0.05, 0.1) is 18.9 Å². The molecular weight excluding hydrogens is 641 g/mol. The van der Waals surface area contributed by atoms with Gasteiger partial charge in [0.15, 0.2) is 17.0 Å². The summed E-state index contributed by atoms with van der Waals surface area (Å²) in [4.78, 5) is 14.2. The predicted octanol–water partition coefficient (Wildman–Crippen LogP) is 6.05. The SMILES string of the molecule is CC(C)n1cnc2c(NCc3ccc(-c4ccoc4)cc3)nc(NC3CCC([NH-])CC3)nc21.[Ac]. The summed E-state index contributed by atoms with van der Waals surface area (Å²) < 4.78 is 7.26. The standard InChI is InChI=1S/C25H30N7O.Ac/c1-16(2)32-15-28-22-23(27-13-17-3-5-18(6-4-17)19-11-12-33-14-19)30-25(31-24(22)32)29-21-9-7-20(26)8-10-21;/h3-6,11-12,14-16,20-21,26H,7-10,13H2,1-2H3,(H2,27,29,30,31);/q-1;. The van der Waals surface area contributed by atoms with E-state index in [1.54, 1.807) is 12.5 Å². The molecule has 0 atom stereocenters. The van der Waals surface area contributed by atoms with Gasteiger partial charge in [0.2, 0.25) is 5.95 Å². The normalized spacial score (nSPS) is 18.1. The molecule has 8 nitrogen and oxygen atoms in total. The second kappa shape index (κ2) is 11.2. The zero-order valence-electron chi connectivity index (χ0n) is 19.7. The van der Waals surface area contributed by atoms with Gasteiger partial charge >= 0.3 is 0 Å². The van der Waals surface area contributed by atoms with Crippen LogP contribution in [0.5, 0.6) is 0 Å². The van der Waals surface area contributed by atoms with E-state index in [0.29, 0.717) is 18.5 Å². The molecule has 1 aromatic carbocycles. The van der Waals surface area contributed by atoms with Crippen molar-refractivity contribution in [1.29, 1.82) is 0 Å². The zero-order valence-corrected chi connectivity index (χ0v) is 24.4. The number of nitrogens with one attached hydrogen (secondary N) is 3. The number of benzene rings is 1. The number of hydrogen-bond acceptors (Lipinski definition) is 6. The first-order chi connectivity index (χ1) is 16.1. The number of rotatable bonds is 7. The molecule has 3 heterocycles. The van der Waals surface area contributed by atoms with Crippen molar-refractivity contribution in [3.63, 3.8) is 0 Å². The number of fused-ring (bicyclic) bond motifs is 1. The van der Waals surface area contributed by atoms with Gasteiger partial charge in [-0.2, -0.15) is 9.97 Å². The Bertz CT molecular complexity index is 1200. The molecule has 175 valence electrons. The summed E-state index contributed by atoms with van der Waals surface area (Å²) >= 11 is 0. The summed E-state index contributed by atoms with van der Waals surface area (Å²) in [5.74, 6) is 1.35. The van der Waals surface area contributed by atoms with E-state index in [4.69, 9.17) is 20.1 Å². The van der Waals surface area contributed by atoms with E-state index < -0.39 is 0 Å². The minimum Gasteiger partial charge on any atom is -0.675 e. The first-order valence-electron chi connectivity index (χ1n) is 11.6. The van der Waals surface area contributed by atoms with Gasteiger partial charge in [-0.15, -0.1) is 6.04 Å². The molecule has 0 aliphatic heterocycles. The van der Waals surface area contributed by atoms with Gasteiger partial charge in [0.1, 0.15) is 0 Å². The molecular formula is C25H30AcN7O-. The summed E-state index contributed by atoms with van der Waals surface area (Å²) in [5.41, 5.74) is 12.9. The first kappa shape index (κ1) is 25.2. The van der Waals surface area contributed by atoms with Crippen LogP contribution in [0, 0.1) is 44.1 Å². The van der Waals surface area contributed by atoms with Crippen molar-refractivity contribution in [2.75, 3.05) is 10.6 Å². The molecule has 0 bridgehead atoms. The maximum atomic E-state index is 7.94. The van der Waals surface area contributed by atoms with E-state index in [-0.39, 0.29) is 56.1 Å². The summed E-state index contributed by atoms with van der Waals surface area (Å²) in [7, 11) is 0. The fourth-order valence-corrected chi connectivity index (χ4v) is 4.33. The summed E-state index contributed by atoms with van der Waals surface area (Å²) in [6.07, 6.45) is 9.07. The van der Waals surface area contributed by atoms with Gasteiger partial charge in [-0.1, -0.05) is 37.1 Å². The third kappa shape index (κ3) is 5.64. The second-order valence-corrected chi connectivity index (χ2v) is 9.07. The summed E-state index contributed by atoms with van der Waals surface area (Å²) in [5, 5.41) is 7.00. The van der Waals surface area contributed by atoms with Gasteiger partial charge < -0.3 is 25.4 Å². The van der Waals surface area contributed by atoms with Crippen molar-refractivity contribution < 1.29 is 48.5 Å². The number of aromatic nitrogens is 4. The third-order valence-corrected chi connectivity index (χ3v) is 6.31. The van der Waals surface area contributed by atoms with Gasteiger partial charge in [0, 0.05) is 68.3 Å². The Morgan fingerprint density at radius 3 is 2.50 bits per heavy atom. The van der Waals surface area contributed by atoms with E-state index in [1.807, 2.05) is 12.4 Å². The van der Waals surface area contributed by atoms with Crippen LogP contribution in [0.2, 0.25) is 0 Å². The molecule has 1 radical (unpaired) electrons. The van der Waals surface area contributed by atoms with Gasteiger partial charge in [-0.05, 0) is 43.9 Å². The topological polar surface area (TPSA) is 105 Å². The molecule has 0 amide bonds. The van der Waals surface area contributed by atoms with Crippen molar-refractivity contribution >= 4 is 22.9 Å². The fraction of sp³-hybridized carbons (Fsp3) is 0.400. The van der Waals surface area contributed by atoms with Crippen molar-refractivity contribution in [1.82, 2.24) is 19.5 Å². The van der Waals surface area contributed by atoms with Crippen molar-refractivity contribution in [2.24, 2.45) is 0 Å². The number of furan rings is 1. The van der Waals surface area contributed by atoms with Crippen LogP contribution in [0.4, 0.5) is 11.8 Å². The van der Waals surface area contributed by atoms with Crippen molar-refractivity contribution in [3.8, 4) is 11.1 Å². The Balaban J connectivity index is 0.00000274. The monoisotopic (exact) mass is 671 g/mol. The smallest absolute Gasteiger partial charge is 0.227 e. The van der Waals surface area contributed by atoms with E-state index in [2.05, 4.69) is 58.3 Å². The number of nitrogens with zero attached hydrogens (tertiary/aromatic N) is 4. The third-order valence-electron chi connectivity index (χ3n) is 6.31. The van der Waals surface area contributed by atoms with Crippen LogP contribution >= 0.6 is 0 Å². The van der Waals surface area contributed by atoms with Crippen LogP contribution in [0.15, 0.2) is 53.6 Å². The molecule has 9 heteroatoms. The van der Waals surface area contributed by atoms with Gasteiger partial charge in [0.25, 0.3) is 0 Å². The summed E-state index contributed by atoms with van der Waals surface area (Å²) in [6.45, 7) is 4.89. The number of imidazole rings is 1. The maximum absolute atomic E-state index is 7.94. The minimum atomic E-state index is 0. The maximum Gasteiger partial charge on any atom is 0.227 e. The van der Waals surface area contributed by atoms with Crippen LogP contribution in [0.1, 0.15) is 51.1 Å². The Labute approximate surface area is 235 Å². The molecule has 1 fully saturated rings. The molecule has 34 heavy (non-hydrogen) atoms. The molecule has 1 saturated carbocycles. The van der Waals surface area contributed by atoms with Crippen LogP contribution < -0.4 is 10.6 Å². The van der Waals surface area contributed by atoms with E-state index in [9.17, 15) is 0 Å². The Kier molecular flexibility index (Phi) is 8.28. The van der Waals surface area contributed by atoms with Gasteiger partial charge in [-0.3, -0.25) is 0 Å². The molecule has 3 aromatic heterocycles. The Hall–Kier alpha value is -1.95. The molecule has 0 unspecified atom stereocenters. The quantitative estimate of drug-likeness (QED) is 0.248. The first-order valence-corrected chi connectivity index (χ1v) is 11.6. The van der Waals surface area contributed by atoms with Crippen LogP contribution in [-0.4, -0.2) is 31.6 Å². The predicted molar refractivity (Wildman–Crippen MR) is 131 cm³/mol. The molecule has 1 aliphatic rings. The molecule has 1 aliphatic carbocycles. The molecule has 0 spiro atoms. The Morgan fingerprint density at radius 1 is 1.06 bits per heavy atom. The van der Waals surface area contributed by atoms with Gasteiger partial charge in [-0.25, -0.2) is 4.98 Å². The average Bonchev–Trinajstić information content (AvgIpc) is 3.50. The molecule has 3 N–H and O–H groups in total.